The Labute approximate surface area is 93.8 Å². The summed E-state index contributed by atoms with van der Waals surface area (Å²) in [6.45, 7) is -0.370. The van der Waals surface area contributed by atoms with Gasteiger partial charge in [-0.05, 0) is 0 Å². The Bertz CT molecular complexity index is 274. The molecular weight excluding hydrogens is 217 g/mol. The van der Waals surface area contributed by atoms with Gasteiger partial charge in [0.05, 0.1) is 22.1 Å². The van der Waals surface area contributed by atoms with E-state index in [2.05, 4.69) is 0 Å². The maximum Gasteiger partial charge on any atom is 1.00 e. The molecule has 0 atom stereocenters. The van der Waals surface area contributed by atoms with E-state index in [0.29, 0.717) is 0 Å². The molecule has 0 bridgehead atoms. The van der Waals surface area contributed by atoms with Crippen LogP contribution in [0.4, 0.5) is 0 Å². The van der Waals surface area contributed by atoms with Crippen LogP contribution in [-0.4, -0.2) is 39.9 Å². The van der Waals surface area contributed by atoms with E-state index in [-0.39, 0.29) is 36.1 Å². The van der Waals surface area contributed by atoms with Crippen molar-refractivity contribution >= 4 is 20.1 Å². The monoisotopic (exact) mass is 225 g/mol. The van der Waals surface area contributed by atoms with Gasteiger partial charge in [0.1, 0.15) is 0 Å². The molecule has 0 aromatic rings. The molecule has 0 aromatic heterocycles. The zero-order chi connectivity index (χ0) is 9.12. The molecule has 0 saturated heterocycles. The Morgan fingerprint density at radius 3 is 1.92 bits per heavy atom. The van der Waals surface area contributed by atoms with Crippen molar-refractivity contribution in [2.24, 2.45) is 0 Å². The zero-order valence-electron chi connectivity index (χ0n) is 6.77. The first-order chi connectivity index (χ1) is 4.71. The predicted octanol–water partition coefficient (Wildman–Crippen LogP) is -4.92. The summed E-state index contributed by atoms with van der Waals surface area (Å²) in [6.07, 6.45) is 0.879. The second-order valence-electron chi connectivity index (χ2n) is 1.93. The average molecular weight is 225 g/mol. The largest absolute Gasteiger partial charge is 1.00 e. The molecule has 0 aliphatic heterocycles. The van der Waals surface area contributed by atoms with E-state index >= 15 is 0 Å². The maximum absolute atomic E-state index is 10.3. The molecule has 6 nitrogen and oxygen atoms in total. The van der Waals surface area contributed by atoms with Crippen molar-refractivity contribution in [3.63, 3.8) is 0 Å². The van der Waals surface area contributed by atoms with Crippen molar-refractivity contribution in [1.82, 2.24) is 4.72 Å². The van der Waals surface area contributed by atoms with E-state index in [0.717, 1.165) is 6.26 Å². The van der Waals surface area contributed by atoms with E-state index in [1.165, 1.54) is 0 Å². The molecule has 1 N–H and O–H groups in total. The van der Waals surface area contributed by atoms with E-state index in [1.807, 2.05) is 4.72 Å². The van der Waals surface area contributed by atoms with Gasteiger partial charge in [0.15, 0.2) is 0 Å². The van der Waals surface area contributed by atoms with Crippen LogP contribution in [0.15, 0.2) is 0 Å². The molecule has 0 aliphatic carbocycles. The van der Waals surface area contributed by atoms with Crippen LogP contribution in [0, 0.1) is 0 Å². The van der Waals surface area contributed by atoms with Crippen molar-refractivity contribution in [3.05, 3.63) is 0 Å². The minimum Gasteiger partial charge on any atom is -0.748 e. The molecule has 0 aromatic carbocycles. The SMILES string of the molecule is CS(=O)(=O)NCCS(=O)(=O)[O-].[Na+]. The summed E-state index contributed by atoms with van der Waals surface area (Å²) in [7, 11) is -7.72. The van der Waals surface area contributed by atoms with Gasteiger partial charge in [0.25, 0.3) is 0 Å². The van der Waals surface area contributed by atoms with Gasteiger partial charge in [-0.3, -0.25) is 0 Å². The van der Waals surface area contributed by atoms with Crippen LogP contribution in [0.5, 0.6) is 0 Å². The van der Waals surface area contributed by atoms with Gasteiger partial charge in [-0.15, -0.1) is 0 Å². The zero-order valence-corrected chi connectivity index (χ0v) is 10.4. The Hall–Kier alpha value is 0.820. The molecular formula is C3H8NNaO5S2. The van der Waals surface area contributed by atoms with Gasteiger partial charge in [-0.25, -0.2) is 21.6 Å². The maximum atomic E-state index is 10.3. The van der Waals surface area contributed by atoms with Crippen molar-refractivity contribution in [1.29, 1.82) is 0 Å². The summed E-state index contributed by atoms with van der Waals surface area (Å²) in [5.41, 5.74) is 0. The average Bonchev–Trinajstić information content (AvgIpc) is 1.55. The van der Waals surface area contributed by atoms with Gasteiger partial charge < -0.3 is 4.55 Å². The summed E-state index contributed by atoms with van der Waals surface area (Å²) in [5, 5.41) is 0. The van der Waals surface area contributed by atoms with Crippen LogP contribution in [0.2, 0.25) is 0 Å². The van der Waals surface area contributed by atoms with Gasteiger partial charge in [-0.1, -0.05) is 0 Å². The van der Waals surface area contributed by atoms with E-state index in [4.69, 9.17) is 0 Å². The Morgan fingerprint density at radius 2 is 1.67 bits per heavy atom. The van der Waals surface area contributed by atoms with Gasteiger partial charge in [-0.2, -0.15) is 0 Å². The van der Waals surface area contributed by atoms with Crippen LogP contribution < -0.4 is 34.3 Å². The van der Waals surface area contributed by atoms with Crippen molar-refractivity contribution in [3.8, 4) is 0 Å². The molecule has 0 spiro atoms. The predicted molar refractivity (Wildman–Crippen MR) is 37.4 cm³/mol. The third-order valence-electron chi connectivity index (χ3n) is 0.716. The van der Waals surface area contributed by atoms with Crippen LogP contribution in [0.3, 0.4) is 0 Å². The first-order valence-corrected chi connectivity index (χ1v) is 6.06. The van der Waals surface area contributed by atoms with Crippen LogP contribution in [-0.2, 0) is 20.1 Å². The number of nitrogens with one attached hydrogen (secondary N) is 1. The topological polar surface area (TPSA) is 103 Å². The van der Waals surface area contributed by atoms with Crippen LogP contribution >= 0.6 is 0 Å². The summed E-state index contributed by atoms with van der Waals surface area (Å²) in [6, 6.07) is 0. The van der Waals surface area contributed by atoms with Crippen LogP contribution in [0.1, 0.15) is 0 Å². The van der Waals surface area contributed by atoms with Crippen molar-refractivity contribution in [2.45, 2.75) is 0 Å². The van der Waals surface area contributed by atoms with Gasteiger partial charge >= 0.3 is 29.6 Å². The summed E-state index contributed by atoms with van der Waals surface area (Å²) < 4.78 is 52.3. The van der Waals surface area contributed by atoms with E-state index in [1.54, 1.807) is 0 Å². The van der Waals surface area contributed by atoms with E-state index in [9.17, 15) is 21.4 Å². The molecule has 0 amide bonds. The quantitative estimate of drug-likeness (QED) is 0.381. The van der Waals surface area contributed by atoms with Crippen LogP contribution in [0.25, 0.3) is 0 Å². The summed E-state index contributed by atoms with van der Waals surface area (Å²) in [4.78, 5) is 0. The first kappa shape index (κ1) is 15.3. The number of hydrogen-bond acceptors (Lipinski definition) is 5. The minimum absolute atomic E-state index is 0. The molecule has 12 heavy (non-hydrogen) atoms. The standard InChI is InChI=1S/C3H9NO5S2.Na/c1-10(5,6)4-2-3-11(7,8)9;/h4H,2-3H2,1H3,(H,7,8,9);/q;+1/p-1. The molecule has 0 heterocycles. The van der Waals surface area contributed by atoms with Gasteiger partial charge in [0.2, 0.25) is 10.0 Å². The fourth-order valence-corrected chi connectivity index (χ4v) is 1.31. The smallest absolute Gasteiger partial charge is 0.748 e. The Balaban J connectivity index is 0. The Morgan fingerprint density at radius 1 is 1.25 bits per heavy atom. The molecule has 0 fully saturated rings. The number of hydrogen-bond donors (Lipinski definition) is 1. The molecule has 9 heteroatoms. The summed E-state index contributed by atoms with van der Waals surface area (Å²) >= 11 is 0. The molecule has 68 valence electrons. The molecule has 0 aliphatic rings. The molecule has 0 radical (unpaired) electrons. The molecule has 0 rings (SSSR count). The minimum atomic E-state index is -4.32. The third-order valence-corrected chi connectivity index (χ3v) is 2.15. The second-order valence-corrected chi connectivity index (χ2v) is 5.28. The molecule has 0 unspecified atom stereocenters. The normalized spacial score (nSPS) is 12.2. The fraction of sp³-hybridized carbons (Fsp3) is 1.00. The van der Waals surface area contributed by atoms with Crippen molar-refractivity contribution in [2.75, 3.05) is 18.6 Å². The summed E-state index contributed by atoms with van der Waals surface area (Å²) in [5.74, 6) is -0.722. The first-order valence-electron chi connectivity index (χ1n) is 2.59. The molecule has 0 saturated carbocycles. The Kier molecular flexibility index (Phi) is 7.05. The third kappa shape index (κ3) is 13.4. The number of rotatable bonds is 4. The van der Waals surface area contributed by atoms with Crippen molar-refractivity contribution < 1.29 is 50.9 Å². The fourth-order valence-electron chi connectivity index (χ4n) is 0.352. The number of sulfonamides is 1. The van der Waals surface area contributed by atoms with E-state index < -0.39 is 25.9 Å². The van der Waals surface area contributed by atoms with Gasteiger partial charge in [0, 0.05) is 6.54 Å². The second kappa shape index (κ2) is 5.53.